The van der Waals surface area contributed by atoms with E-state index in [9.17, 15) is 10.2 Å². The third-order valence-electron chi connectivity index (χ3n) is 8.40. The van der Waals surface area contributed by atoms with Gasteiger partial charge in [-0.2, -0.15) is 0 Å². The molecule has 5 atom stereocenters. The second-order valence-corrected chi connectivity index (χ2v) is 9.97. The Labute approximate surface area is 174 Å². The van der Waals surface area contributed by atoms with Crippen LogP contribution in [0.2, 0.25) is 0 Å². The van der Waals surface area contributed by atoms with Gasteiger partial charge in [-0.1, -0.05) is 12.8 Å². The molecule has 6 rings (SSSR count). The van der Waals surface area contributed by atoms with E-state index in [1.807, 2.05) is 4.57 Å². The van der Waals surface area contributed by atoms with Crippen LogP contribution in [0.15, 0.2) is 12.7 Å². The van der Waals surface area contributed by atoms with Gasteiger partial charge in [-0.15, -0.1) is 11.6 Å². The van der Waals surface area contributed by atoms with E-state index in [4.69, 9.17) is 11.6 Å². The first-order valence-corrected chi connectivity index (χ1v) is 11.5. The lowest BCUT2D eigenvalue weighted by Crippen LogP contribution is -2.42. The SMILES string of the molecule is O[C@H]1[C@H](n2cnc3c(NC(C4CCC4)C4CCC4)ncnc32)[C@H]2C[C@@]2(CCl)[C@H]1O. The highest BCUT2D eigenvalue weighted by molar-refractivity contribution is 6.18. The van der Waals surface area contributed by atoms with E-state index in [0.717, 1.165) is 35.2 Å². The van der Waals surface area contributed by atoms with Crippen molar-refractivity contribution in [3.63, 3.8) is 0 Å². The van der Waals surface area contributed by atoms with Crippen molar-refractivity contribution in [1.29, 1.82) is 0 Å². The van der Waals surface area contributed by atoms with Crippen LogP contribution in [0.3, 0.4) is 0 Å². The zero-order valence-corrected chi connectivity index (χ0v) is 17.2. The zero-order chi connectivity index (χ0) is 19.8. The molecule has 4 aliphatic rings. The number of rotatable bonds is 6. The molecule has 156 valence electrons. The van der Waals surface area contributed by atoms with E-state index in [1.165, 1.54) is 38.5 Å². The normalized spacial score (nSPS) is 36.8. The highest BCUT2D eigenvalue weighted by atomic mass is 35.5. The summed E-state index contributed by atoms with van der Waals surface area (Å²) in [7, 11) is 0. The molecule has 2 heterocycles. The Balaban J connectivity index is 1.33. The fourth-order valence-corrected chi connectivity index (χ4v) is 6.52. The molecule has 8 heteroatoms. The van der Waals surface area contributed by atoms with Crippen LogP contribution in [-0.2, 0) is 0 Å². The lowest BCUT2D eigenvalue weighted by atomic mass is 9.68. The molecule has 29 heavy (non-hydrogen) atoms. The summed E-state index contributed by atoms with van der Waals surface area (Å²) in [4.78, 5) is 13.7. The summed E-state index contributed by atoms with van der Waals surface area (Å²) in [6, 6.07) is 0.220. The number of hydrogen-bond donors (Lipinski definition) is 3. The van der Waals surface area contributed by atoms with Gasteiger partial charge in [0.15, 0.2) is 11.5 Å². The number of nitrogens with zero attached hydrogens (tertiary/aromatic N) is 4. The fraction of sp³-hybridized carbons (Fsp3) is 0.762. The Bertz CT molecular complexity index is 915. The first kappa shape index (κ1) is 18.3. The zero-order valence-electron chi connectivity index (χ0n) is 16.4. The first-order chi connectivity index (χ1) is 14.1. The van der Waals surface area contributed by atoms with Crippen molar-refractivity contribution in [2.75, 3.05) is 11.2 Å². The van der Waals surface area contributed by atoms with Gasteiger partial charge in [-0.25, -0.2) is 15.0 Å². The van der Waals surface area contributed by atoms with Crippen LogP contribution in [0, 0.1) is 23.2 Å². The molecule has 0 spiro atoms. The predicted octanol–water partition coefficient (Wildman–Crippen LogP) is 2.73. The van der Waals surface area contributed by atoms with Crippen LogP contribution in [0.1, 0.15) is 51.0 Å². The molecular formula is C21H28ClN5O2. The number of aliphatic hydroxyl groups excluding tert-OH is 2. The molecule has 0 aromatic carbocycles. The van der Waals surface area contributed by atoms with Gasteiger partial charge in [0.2, 0.25) is 0 Å². The van der Waals surface area contributed by atoms with E-state index >= 15 is 0 Å². The number of anilines is 1. The van der Waals surface area contributed by atoms with Crippen molar-refractivity contribution in [2.24, 2.45) is 23.2 Å². The Morgan fingerprint density at radius 3 is 2.45 bits per heavy atom. The lowest BCUT2D eigenvalue weighted by Gasteiger charge is -2.43. The van der Waals surface area contributed by atoms with Crippen molar-refractivity contribution in [2.45, 2.75) is 69.2 Å². The van der Waals surface area contributed by atoms with Gasteiger partial charge in [0.25, 0.3) is 0 Å². The summed E-state index contributed by atoms with van der Waals surface area (Å²) in [5, 5.41) is 25.0. The van der Waals surface area contributed by atoms with Gasteiger partial charge in [0.05, 0.1) is 18.5 Å². The Morgan fingerprint density at radius 2 is 1.86 bits per heavy atom. The van der Waals surface area contributed by atoms with Crippen LogP contribution in [0.4, 0.5) is 5.82 Å². The third kappa shape index (κ3) is 2.53. The van der Waals surface area contributed by atoms with Gasteiger partial charge < -0.3 is 20.1 Å². The Hall–Kier alpha value is -1.44. The summed E-state index contributed by atoms with van der Waals surface area (Å²) in [5.41, 5.74) is 1.11. The minimum atomic E-state index is -0.853. The van der Waals surface area contributed by atoms with Crippen LogP contribution in [-0.4, -0.2) is 53.9 Å². The number of nitrogens with one attached hydrogen (secondary N) is 1. The van der Waals surface area contributed by atoms with Gasteiger partial charge in [-0.3, -0.25) is 0 Å². The molecule has 0 bridgehead atoms. The lowest BCUT2D eigenvalue weighted by molar-refractivity contribution is -0.0129. The molecule has 0 amide bonds. The first-order valence-electron chi connectivity index (χ1n) is 11.0. The minimum absolute atomic E-state index is 0.159. The minimum Gasteiger partial charge on any atom is -0.390 e. The van der Waals surface area contributed by atoms with Crippen molar-refractivity contribution in [3.05, 3.63) is 12.7 Å². The molecule has 2 aromatic heterocycles. The van der Waals surface area contributed by atoms with Gasteiger partial charge in [-0.05, 0) is 49.9 Å². The molecular weight excluding hydrogens is 390 g/mol. The van der Waals surface area contributed by atoms with Crippen molar-refractivity contribution >= 4 is 28.6 Å². The smallest absolute Gasteiger partial charge is 0.165 e. The Morgan fingerprint density at radius 1 is 1.14 bits per heavy atom. The molecule has 7 nitrogen and oxygen atoms in total. The number of halogens is 1. The third-order valence-corrected chi connectivity index (χ3v) is 8.90. The largest absolute Gasteiger partial charge is 0.390 e. The van der Waals surface area contributed by atoms with Crippen molar-refractivity contribution in [1.82, 2.24) is 19.5 Å². The molecule has 4 fully saturated rings. The second kappa shape index (κ2) is 6.53. The molecule has 3 N–H and O–H groups in total. The number of imidazole rings is 1. The van der Waals surface area contributed by atoms with E-state index < -0.39 is 12.2 Å². The van der Waals surface area contributed by atoms with Crippen molar-refractivity contribution < 1.29 is 10.2 Å². The highest BCUT2D eigenvalue weighted by Gasteiger charge is 2.71. The Kier molecular flexibility index (Phi) is 4.13. The maximum absolute atomic E-state index is 10.7. The number of alkyl halides is 1. The van der Waals surface area contributed by atoms with Crippen molar-refractivity contribution in [3.8, 4) is 0 Å². The average molecular weight is 418 g/mol. The van der Waals surface area contributed by atoms with E-state index in [-0.39, 0.29) is 17.4 Å². The summed E-state index contributed by atoms with van der Waals surface area (Å²) in [6.45, 7) is 0. The number of aromatic nitrogens is 4. The maximum atomic E-state index is 10.7. The summed E-state index contributed by atoms with van der Waals surface area (Å²) < 4.78 is 1.93. The summed E-state index contributed by atoms with van der Waals surface area (Å²) >= 11 is 6.14. The fourth-order valence-electron chi connectivity index (χ4n) is 6.06. The molecule has 4 saturated carbocycles. The van der Waals surface area contributed by atoms with Crippen LogP contribution >= 0.6 is 11.6 Å². The second-order valence-electron chi connectivity index (χ2n) is 9.70. The molecule has 0 saturated heterocycles. The predicted molar refractivity (Wildman–Crippen MR) is 110 cm³/mol. The quantitative estimate of drug-likeness (QED) is 0.625. The van der Waals surface area contributed by atoms with Gasteiger partial charge in [0, 0.05) is 17.3 Å². The average Bonchev–Trinajstić information content (AvgIpc) is 3.14. The van der Waals surface area contributed by atoms with E-state index in [2.05, 4.69) is 20.3 Å². The number of fused-ring (bicyclic) bond motifs is 2. The maximum Gasteiger partial charge on any atom is 0.165 e. The molecule has 0 aliphatic heterocycles. The summed E-state index contributed by atoms with van der Waals surface area (Å²) in [6.07, 6.45) is 10.4. The number of hydrogen-bond acceptors (Lipinski definition) is 6. The van der Waals surface area contributed by atoms with E-state index in [0.29, 0.717) is 11.9 Å². The monoisotopic (exact) mass is 417 g/mol. The number of aliphatic hydroxyl groups is 2. The highest BCUT2D eigenvalue weighted by Crippen LogP contribution is 2.68. The summed E-state index contributed by atoms with van der Waals surface area (Å²) in [5.74, 6) is 2.78. The van der Waals surface area contributed by atoms with Gasteiger partial charge in [0.1, 0.15) is 17.9 Å². The standard InChI is InChI=1S/C21H28ClN5O2/c22-8-21-7-13(21)16(17(28)18(21)29)27-10-25-15-19(23-9-24-20(15)27)26-14(11-3-1-4-11)12-5-2-6-12/h9-14,16-18,28-29H,1-8H2,(H,23,24,26)/t13-,16-,17+,18+,21+/m1/s1. The molecule has 0 unspecified atom stereocenters. The van der Waals surface area contributed by atoms with Crippen LogP contribution in [0.25, 0.3) is 11.2 Å². The molecule has 2 aromatic rings. The molecule has 0 radical (unpaired) electrons. The van der Waals surface area contributed by atoms with Crippen LogP contribution in [0.5, 0.6) is 0 Å². The molecule has 4 aliphatic carbocycles. The van der Waals surface area contributed by atoms with Gasteiger partial charge >= 0.3 is 0 Å². The topological polar surface area (TPSA) is 96.1 Å². The van der Waals surface area contributed by atoms with Crippen LogP contribution < -0.4 is 5.32 Å². The van der Waals surface area contributed by atoms with E-state index in [1.54, 1.807) is 12.7 Å².